The second-order valence-corrected chi connectivity index (χ2v) is 4.85. The van der Waals surface area contributed by atoms with Crippen LogP contribution in [0.1, 0.15) is 23.2 Å². The molecule has 2 rings (SSSR count). The van der Waals surface area contributed by atoms with E-state index < -0.39 is 11.9 Å². The summed E-state index contributed by atoms with van der Waals surface area (Å²) in [4.78, 5) is 24.2. The predicted molar refractivity (Wildman–Crippen MR) is 74.1 cm³/mol. The number of amides is 1. The van der Waals surface area contributed by atoms with Crippen LogP contribution >= 0.6 is 0 Å². The lowest BCUT2D eigenvalue weighted by Crippen LogP contribution is -2.36. The number of hydrogen-bond donors (Lipinski definition) is 2. The number of primary amides is 1. The van der Waals surface area contributed by atoms with Crippen LogP contribution in [0.2, 0.25) is 0 Å². The van der Waals surface area contributed by atoms with Crippen LogP contribution in [0.5, 0.6) is 5.75 Å². The fourth-order valence-electron chi connectivity index (χ4n) is 2.46. The molecular formula is C14H18N2O4. The molecule has 1 heterocycles. The van der Waals surface area contributed by atoms with Crippen molar-refractivity contribution in [1.82, 2.24) is 0 Å². The van der Waals surface area contributed by atoms with Crippen molar-refractivity contribution < 1.29 is 19.4 Å². The van der Waals surface area contributed by atoms with E-state index in [2.05, 4.69) is 4.90 Å². The number of nitrogens with two attached hydrogens (primary N) is 1. The largest absolute Gasteiger partial charge is 0.495 e. The second kappa shape index (κ2) is 5.81. The summed E-state index contributed by atoms with van der Waals surface area (Å²) in [5, 5.41) is 9.00. The van der Waals surface area contributed by atoms with E-state index in [9.17, 15) is 9.59 Å². The summed E-state index contributed by atoms with van der Waals surface area (Å²) in [5.41, 5.74) is 6.50. The topological polar surface area (TPSA) is 92.9 Å². The Hall–Kier alpha value is -2.24. The van der Waals surface area contributed by atoms with Gasteiger partial charge in [0.15, 0.2) is 0 Å². The summed E-state index contributed by atoms with van der Waals surface area (Å²) in [6.07, 6.45) is 1.21. The number of piperidine rings is 1. The molecule has 1 aliphatic rings. The minimum Gasteiger partial charge on any atom is -0.495 e. The molecule has 0 aromatic heterocycles. The second-order valence-electron chi connectivity index (χ2n) is 4.85. The van der Waals surface area contributed by atoms with E-state index in [4.69, 9.17) is 15.6 Å². The van der Waals surface area contributed by atoms with Crippen LogP contribution in [0, 0.1) is 5.92 Å². The molecule has 6 nitrogen and oxygen atoms in total. The summed E-state index contributed by atoms with van der Waals surface area (Å²) in [6.45, 7) is 1.31. The molecule has 0 unspecified atom stereocenters. The van der Waals surface area contributed by atoms with E-state index >= 15 is 0 Å². The zero-order valence-electron chi connectivity index (χ0n) is 11.3. The van der Waals surface area contributed by atoms with E-state index in [1.165, 1.54) is 7.11 Å². The minimum absolute atomic E-state index is 0.276. The Labute approximate surface area is 117 Å². The quantitative estimate of drug-likeness (QED) is 0.860. The van der Waals surface area contributed by atoms with Gasteiger partial charge in [-0.15, -0.1) is 0 Å². The predicted octanol–water partition coefficient (Wildman–Crippen LogP) is 1.10. The molecule has 1 saturated heterocycles. The highest BCUT2D eigenvalue weighted by atomic mass is 16.5. The first-order valence-electron chi connectivity index (χ1n) is 6.48. The molecule has 20 heavy (non-hydrogen) atoms. The first-order chi connectivity index (χ1) is 9.52. The molecule has 1 aromatic rings. The number of benzene rings is 1. The molecule has 0 radical (unpaired) electrons. The van der Waals surface area contributed by atoms with Crippen molar-refractivity contribution in [3.8, 4) is 5.75 Å². The lowest BCUT2D eigenvalue weighted by atomic mass is 9.96. The minimum atomic E-state index is -0.735. The van der Waals surface area contributed by atoms with Gasteiger partial charge in [-0.25, -0.2) is 0 Å². The maximum atomic E-state index is 11.2. The number of carbonyl (C=O) groups is 2. The van der Waals surface area contributed by atoms with Gasteiger partial charge in [0.2, 0.25) is 5.91 Å². The number of rotatable bonds is 4. The number of anilines is 1. The van der Waals surface area contributed by atoms with Gasteiger partial charge in [-0.2, -0.15) is 0 Å². The number of methoxy groups -OCH3 is 1. The Balaban J connectivity index is 2.17. The summed E-state index contributed by atoms with van der Waals surface area (Å²) < 4.78 is 5.30. The van der Waals surface area contributed by atoms with Crippen LogP contribution < -0.4 is 15.4 Å². The number of carboxylic acids is 1. The van der Waals surface area contributed by atoms with Gasteiger partial charge in [0, 0.05) is 18.7 Å². The van der Waals surface area contributed by atoms with Crippen LogP contribution in [0.4, 0.5) is 5.69 Å². The Morgan fingerprint density at radius 2 is 2.00 bits per heavy atom. The van der Waals surface area contributed by atoms with Gasteiger partial charge in [0.25, 0.3) is 0 Å². The lowest BCUT2D eigenvalue weighted by molar-refractivity contribution is -0.142. The van der Waals surface area contributed by atoms with Crippen molar-refractivity contribution in [3.05, 3.63) is 23.8 Å². The summed E-state index contributed by atoms with van der Waals surface area (Å²) in [5.74, 6) is -0.933. The summed E-state index contributed by atoms with van der Waals surface area (Å²) >= 11 is 0. The molecule has 0 saturated carbocycles. The van der Waals surface area contributed by atoms with E-state index in [1.54, 1.807) is 18.2 Å². The molecule has 0 atom stereocenters. The van der Waals surface area contributed by atoms with E-state index in [1.807, 2.05) is 0 Å². The van der Waals surface area contributed by atoms with Crippen LogP contribution in [0.3, 0.4) is 0 Å². The molecular weight excluding hydrogens is 260 g/mol. The molecule has 6 heteroatoms. The van der Waals surface area contributed by atoms with Crippen molar-refractivity contribution >= 4 is 17.6 Å². The van der Waals surface area contributed by atoms with Gasteiger partial charge in [-0.3, -0.25) is 9.59 Å². The Morgan fingerprint density at radius 3 is 2.50 bits per heavy atom. The highest BCUT2D eigenvalue weighted by Crippen LogP contribution is 2.32. The fourth-order valence-corrected chi connectivity index (χ4v) is 2.46. The molecule has 108 valence electrons. The third kappa shape index (κ3) is 2.84. The smallest absolute Gasteiger partial charge is 0.306 e. The van der Waals surface area contributed by atoms with E-state index in [0.717, 1.165) is 5.69 Å². The molecule has 1 aromatic carbocycles. The van der Waals surface area contributed by atoms with Crippen molar-refractivity contribution in [1.29, 1.82) is 0 Å². The Kier molecular flexibility index (Phi) is 4.12. The van der Waals surface area contributed by atoms with Crippen LogP contribution in [0.25, 0.3) is 0 Å². The van der Waals surface area contributed by atoms with Gasteiger partial charge >= 0.3 is 5.97 Å². The number of aliphatic carboxylic acids is 1. The monoisotopic (exact) mass is 278 g/mol. The molecule has 0 aliphatic carbocycles. The Bertz CT molecular complexity index is 522. The highest BCUT2D eigenvalue weighted by molar-refractivity contribution is 5.94. The molecule has 1 aliphatic heterocycles. The van der Waals surface area contributed by atoms with Gasteiger partial charge in [-0.05, 0) is 31.0 Å². The van der Waals surface area contributed by atoms with E-state index in [-0.39, 0.29) is 5.92 Å². The van der Waals surface area contributed by atoms with Gasteiger partial charge in [0.1, 0.15) is 5.75 Å². The molecule has 0 spiro atoms. The van der Waals surface area contributed by atoms with Crippen LogP contribution in [0.15, 0.2) is 18.2 Å². The number of ether oxygens (including phenoxy) is 1. The van der Waals surface area contributed by atoms with Gasteiger partial charge in [-0.1, -0.05) is 0 Å². The average Bonchev–Trinajstić information content (AvgIpc) is 2.46. The van der Waals surface area contributed by atoms with Gasteiger partial charge in [0.05, 0.1) is 18.7 Å². The zero-order valence-corrected chi connectivity index (χ0v) is 11.3. The maximum Gasteiger partial charge on any atom is 0.306 e. The zero-order chi connectivity index (χ0) is 14.7. The van der Waals surface area contributed by atoms with Crippen molar-refractivity contribution in [2.24, 2.45) is 11.7 Å². The molecule has 1 amide bonds. The van der Waals surface area contributed by atoms with E-state index in [0.29, 0.717) is 37.2 Å². The van der Waals surface area contributed by atoms with Crippen LogP contribution in [-0.4, -0.2) is 37.2 Å². The standard InChI is InChI=1S/C14H18N2O4/c1-20-12-8-10(13(15)17)2-3-11(12)16-6-4-9(5-7-16)14(18)19/h2-3,8-9H,4-7H2,1H3,(H2,15,17)(H,18,19). The number of hydrogen-bond acceptors (Lipinski definition) is 4. The molecule has 0 bridgehead atoms. The van der Waals surface area contributed by atoms with Crippen molar-refractivity contribution in [2.75, 3.05) is 25.1 Å². The van der Waals surface area contributed by atoms with Crippen molar-refractivity contribution in [2.45, 2.75) is 12.8 Å². The summed E-state index contributed by atoms with van der Waals surface area (Å²) in [7, 11) is 1.54. The van der Waals surface area contributed by atoms with Gasteiger partial charge < -0.3 is 20.5 Å². The third-order valence-electron chi connectivity index (χ3n) is 3.65. The van der Waals surface area contributed by atoms with Crippen molar-refractivity contribution in [3.63, 3.8) is 0 Å². The number of carboxylic acid groups (broad SMARTS) is 1. The number of carbonyl (C=O) groups excluding carboxylic acids is 1. The Morgan fingerprint density at radius 1 is 1.35 bits per heavy atom. The van der Waals surface area contributed by atoms with Crippen LogP contribution in [-0.2, 0) is 4.79 Å². The third-order valence-corrected chi connectivity index (χ3v) is 3.65. The first-order valence-corrected chi connectivity index (χ1v) is 6.48. The average molecular weight is 278 g/mol. The maximum absolute atomic E-state index is 11.2. The number of nitrogens with zero attached hydrogens (tertiary/aromatic N) is 1. The first kappa shape index (κ1) is 14.2. The SMILES string of the molecule is COc1cc(C(N)=O)ccc1N1CCC(C(=O)O)CC1. The normalized spacial score (nSPS) is 15.9. The molecule has 1 fully saturated rings. The molecule has 3 N–H and O–H groups in total. The fraction of sp³-hybridized carbons (Fsp3) is 0.429. The lowest BCUT2D eigenvalue weighted by Gasteiger charge is -2.32. The summed E-state index contributed by atoms with van der Waals surface area (Å²) in [6, 6.07) is 5.06. The highest BCUT2D eigenvalue weighted by Gasteiger charge is 2.26.